The molecule has 0 spiro atoms. The molecule has 1 saturated carbocycles. The minimum absolute atomic E-state index is 0.0423. The van der Waals surface area contributed by atoms with Gasteiger partial charge in [0, 0.05) is 30.4 Å². The lowest BCUT2D eigenvalue weighted by molar-refractivity contribution is -0.118. The quantitative estimate of drug-likeness (QED) is 0.920. The molecule has 0 bridgehead atoms. The fraction of sp³-hybridized carbons (Fsp3) is 0.263. The summed E-state index contributed by atoms with van der Waals surface area (Å²) in [4.78, 5) is 26.3. The second-order valence-corrected chi connectivity index (χ2v) is 6.76. The van der Waals surface area contributed by atoms with Crippen LogP contribution in [0.25, 0.3) is 0 Å². The van der Waals surface area contributed by atoms with Crippen molar-refractivity contribution in [2.75, 3.05) is 19.4 Å². The molecular formula is C19H19ClN2O2. The predicted octanol–water partition coefficient (Wildman–Crippen LogP) is 3.71. The van der Waals surface area contributed by atoms with Gasteiger partial charge in [-0.05, 0) is 48.7 Å². The Balaban J connectivity index is 1.79. The Bertz CT molecular complexity index is 780. The van der Waals surface area contributed by atoms with Gasteiger partial charge in [-0.3, -0.25) is 9.59 Å². The van der Waals surface area contributed by atoms with Crippen LogP contribution in [-0.2, 0) is 10.2 Å². The Morgan fingerprint density at radius 2 is 1.75 bits per heavy atom. The number of rotatable bonds is 4. The van der Waals surface area contributed by atoms with Crippen molar-refractivity contribution in [3.05, 3.63) is 64.7 Å². The smallest absolute Gasteiger partial charge is 0.253 e. The van der Waals surface area contributed by atoms with E-state index >= 15 is 0 Å². The molecule has 124 valence electrons. The van der Waals surface area contributed by atoms with Crippen LogP contribution in [0.4, 0.5) is 5.69 Å². The van der Waals surface area contributed by atoms with Gasteiger partial charge >= 0.3 is 0 Å². The second kappa shape index (κ2) is 6.29. The third-order valence-electron chi connectivity index (χ3n) is 4.36. The maximum absolute atomic E-state index is 12.8. The van der Waals surface area contributed by atoms with Crippen LogP contribution in [0.1, 0.15) is 28.8 Å². The number of hydrogen-bond acceptors (Lipinski definition) is 2. The average molecular weight is 343 g/mol. The number of carbonyl (C=O) groups excluding carboxylic acids is 2. The Morgan fingerprint density at radius 3 is 2.33 bits per heavy atom. The highest BCUT2D eigenvalue weighted by Gasteiger charge is 2.51. The summed E-state index contributed by atoms with van der Waals surface area (Å²) in [6, 6.07) is 14.4. The van der Waals surface area contributed by atoms with Crippen LogP contribution in [-0.4, -0.2) is 30.8 Å². The van der Waals surface area contributed by atoms with Crippen molar-refractivity contribution in [3.63, 3.8) is 0 Å². The first kappa shape index (κ1) is 16.5. The monoisotopic (exact) mass is 342 g/mol. The molecule has 24 heavy (non-hydrogen) atoms. The normalized spacial score (nSPS) is 14.8. The molecule has 2 aromatic rings. The highest BCUT2D eigenvalue weighted by molar-refractivity contribution is 6.30. The molecule has 3 rings (SSSR count). The van der Waals surface area contributed by atoms with E-state index in [4.69, 9.17) is 11.6 Å². The van der Waals surface area contributed by atoms with Gasteiger partial charge in [-0.25, -0.2) is 0 Å². The summed E-state index contributed by atoms with van der Waals surface area (Å²) in [5.41, 5.74) is 1.68. The van der Waals surface area contributed by atoms with Crippen LogP contribution in [0.2, 0.25) is 5.02 Å². The first-order valence-electron chi connectivity index (χ1n) is 7.82. The molecule has 2 amide bonds. The molecule has 0 aromatic heterocycles. The molecule has 0 heterocycles. The fourth-order valence-corrected chi connectivity index (χ4v) is 2.91. The van der Waals surface area contributed by atoms with Crippen molar-refractivity contribution in [2.45, 2.75) is 18.3 Å². The number of nitrogens with zero attached hydrogens (tertiary/aromatic N) is 1. The van der Waals surface area contributed by atoms with E-state index in [1.165, 1.54) is 4.90 Å². The lowest BCUT2D eigenvalue weighted by Gasteiger charge is -2.17. The SMILES string of the molecule is CN(C)C(=O)c1cccc(NC(=O)C2(c3ccc(Cl)cc3)CC2)c1. The van der Waals surface area contributed by atoms with Crippen LogP contribution in [0.3, 0.4) is 0 Å². The van der Waals surface area contributed by atoms with Crippen molar-refractivity contribution in [1.82, 2.24) is 4.90 Å². The minimum atomic E-state index is -0.480. The second-order valence-electron chi connectivity index (χ2n) is 6.32. The molecule has 2 aromatic carbocycles. The molecule has 5 heteroatoms. The van der Waals surface area contributed by atoms with Crippen molar-refractivity contribution >= 4 is 29.1 Å². The van der Waals surface area contributed by atoms with Crippen LogP contribution in [0.15, 0.2) is 48.5 Å². The molecule has 0 radical (unpaired) electrons. The van der Waals surface area contributed by atoms with E-state index in [-0.39, 0.29) is 11.8 Å². The highest BCUT2D eigenvalue weighted by atomic mass is 35.5. The molecule has 1 N–H and O–H groups in total. The summed E-state index contributed by atoms with van der Waals surface area (Å²) in [7, 11) is 3.40. The van der Waals surface area contributed by atoms with Crippen LogP contribution < -0.4 is 5.32 Å². The predicted molar refractivity (Wildman–Crippen MR) is 95.5 cm³/mol. The van der Waals surface area contributed by atoms with Gasteiger partial charge in [-0.2, -0.15) is 0 Å². The molecule has 4 nitrogen and oxygen atoms in total. The zero-order valence-electron chi connectivity index (χ0n) is 13.7. The standard InChI is InChI=1S/C19H19ClN2O2/c1-22(2)17(23)13-4-3-5-16(12-13)21-18(24)19(10-11-19)14-6-8-15(20)9-7-14/h3-9,12H,10-11H2,1-2H3,(H,21,24). The van der Waals surface area contributed by atoms with Gasteiger partial charge in [-0.15, -0.1) is 0 Å². The maximum atomic E-state index is 12.8. The molecule has 0 aliphatic heterocycles. The first-order valence-corrected chi connectivity index (χ1v) is 8.19. The lowest BCUT2D eigenvalue weighted by atomic mass is 9.95. The van der Waals surface area contributed by atoms with Gasteiger partial charge in [-0.1, -0.05) is 29.8 Å². The van der Waals surface area contributed by atoms with E-state index in [0.717, 1.165) is 18.4 Å². The van der Waals surface area contributed by atoms with Gasteiger partial charge in [0.1, 0.15) is 0 Å². The van der Waals surface area contributed by atoms with Crippen molar-refractivity contribution in [3.8, 4) is 0 Å². The Labute approximate surface area is 146 Å². The topological polar surface area (TPSA) is 49.4 Å². The van der Waals surface area contributed by atoms with Crippen LogP contribution in [0.5, 0.6) is 0 Å². The fourth-order valence-electron chi connectivity index (χ4n) is 2.78. The van der Waals surface area contributed by atoms with E-state index in [2.05, 4.69) is 5.32 Å². The van der Waals surface area contributed by atoms with Crippen molar-refractivity contribution < 1.29 is 9.59 Å². The summed E-state index contributed by atoms with van der Waals surface area (Å²) in [6.45, 7) is 0. The summed E-state index contributed by atoms with van der Waals surface area (Å²) < 4.78 is 0. The summed E-state index contributed by atoms with van der Waals surface area (Å²) >= 11 is 5.93. The van der Waals surface area contributed by atoms with E-state index in [1.807, 2.05) is 12.1 Å². The maximum Gasteiger partial charge on any atom is 0.253 e. The van der Waals surface area contributed by atoms with Gasteiger partial charge in [0.15, 0.2) is 0 Å². The van der Waals surface area contributed by atoms with E-state index < -0.39 is 5.41 Å². The summed E-state index contributed by atoms with van der Waals surface area (Å²) in [5, 5.41) is 3.61. The third-order valence-corrected chi connectivity index (χ3v) is 4.61. The number of nitrogens with one attached hydrogen (secondary N) is 1. The van der Waals surface area contributed by atoms with Crippen molar-refractivity contribution in [2.24, 2.45) is 0 Å². The van der Waals surface area contributed by atoms with Gasteiger partial charge < -0.3 is 10.2 Å². The number of anilines is 1. The van der Waals surface area contributed by atoms with Gasteiger partial charge in [0.25, 0.3) is 5.91 Å². The Hall–Kier alpha value is -2.33. The number of halogens is 1. The summed E-state index contributed by atoms with van der Waals surface area (Å²) in [5.74, 6) is -0.135. The number of benzene rings is 2. The first-order chi connectivity index (χ1) is 11.4. The molecule has 1 aliphatic rings. The minimum Gasteiger partial charge on any atom is -0.345 e. The highest BCUT2D eigenvalue weighted by Crippen LogP contribution is 2.49. The number of carbonyl (C=O) groups is 2. The zero-order valence-corrected chi connectivity index (χ0v) is 14.4. The van der Waals surface area contributed by atoms with E-state index in [0.29, 0.717) is 16.3 Å². The Kier molecular flexibility index (Phi) is 4.33. The van der Waals surface area contributed by atoms with Gasteiger partial charge in [0.05, 0.1) is 5.41 Å². The summed E-state index contributed by atoms with van der Waals surface area (Å²) in [6.07, 6.45) is 1.63. The molecular weight excluding hydrogens is 324 g/mol. The number of hydrogen-bond donors (Lipinski definition) is 1. The van der Waals surface area contributed by atoms with Crippen LogP contribution in [0, 0.1) is 0 Å². The lowest BCUT2D eigenvalue weighted by Crippen LogP contribution is -2.28. The van der Waals surface area contributed by atoms with Gasteiger partial charge in [0.2, 0.25) is 5.91 Å². The largest absolute Gasteiger partial charge is 0.345 e. The molecule has 1 aliphatic carbocycles. The van der Waals surface area contributed by atoms with Crippen LogP contribution >= 0.6 is 11.6 Å². The van der Waals surface area contributed by atoms with Crippen molar-refractivity contribution in [1.29, 1.82) is 0 Å². The Morgan fingerprint density at radius 1 is 1.08 bits per heavy atom. The molecule has 0 unspecified atom stereocenters. The van der Waals surface area contributed by atoms with E-state index in [1.54, 1.807) is 50.5 Å². The average Bonchev–Trinajstić information content (AvgIpc) is 3.37. The van der Waals surface area contributed by atoms with E-state index in [9.17, 15) is 9.59 Å². The molecule has 0 saturated heterocycles. The zero-order chi connectivity index (χ0) is 17.3. The molecule has 0 atom stereocenters. The third kappa shape index (κ3) is 3.15. The number of amides is 2. The molecule has 1 fully saturated rings.